The Morgan fingerprint density at radius 1 is 0.826 bits per heavy atom. The topological polar surface area (TPSA) is 12.4 Å². The number of hydrogen-bond acceptors (Lipinski definition) is 3. The monoisotopic (exact) mass is 333 g/mol. The zero-order valence-electron chi connectivity index (χ0n) is 12.5. The van der Waals surface area contributed by atoms with Crippen molar-refractivity contribution in [2.24, 2.45) is 4.99 Å². The Bertz CT molecular complexity index is 857. The quantitative estimate of drug-likeness (QED) is 0.414. The molecule has 0 aliphatic carbocycles. The molecule has 0 bridgehead atoms. The van der Waals surface area contributed by atoms with E-state index in [2.05, 4.69) is 77.8 Å². The van der Waals surface area contributed by atoms with Gasteiger partial charge < -0.3 is 0 Å². The molecule has 3 heteroatoms. The minimum absolute atomic E-state index is 0.983. The van der Waals surface area contributed by atoms with Gasteiger partial charge in [-0.2, -0.15) is 0 Å². The Hall–Kier alpha value is -1.97. The van der Waals surface area contributed by atoms with E-state index >= 15 is 0 Å². The van der Waals surface area contributed by atoms with Crippen LogP contribution in [-0.4, -0.2) is 6.21 Å². The van der Waals surface area contributed by atoms with Crippen molar-refractivity contribution in [1.82, 2.24) is 0 Å². The van der Waals surface area contributed by atoms with Crippen LogP contribution in [0.2, 0.25) is 0 Å². The van der Waals surface area contributed by atoms with E-state index in [1.54, 1.807) is 11.8 Å². The first-order chi connectivity index (χ1) is 11.4. The van der Waals surface area contributed by atoms with Crippen molar-refractivity contribution >= 4 is 35.4 Å². The predicted molar refractivity (Wildman–Crippen MR) is 100 cm³/mol. The number of nitrogens with zero attached hydrogens (tertiary/aromatic N) is 1. The largest absolute Gasteiger partial charge is 0.255 e. The number of rotatable bonds is 3. The maximum Gasteiger partial charge on any atom is 0.0780 e. The van der Waals surface area contributed by atoms with Crippen molar-refractivity contribution in [1.29, 1.82) is 0 Å². The molecule has 0 atom stereocenters. The summed E-state index contributed by atoms with van der Waals surface area (Å²) in [4.78, 5) is 8.43. The molecule has 0 aromatic heterocycles. The molecule has 1 aliphatic rings. The molecular formula is C20H15NS2. The highest BCUT2D eigenvalue weighted by molar-refractivity contribution is 7.99. The first-order valence-electron chi connectivity index (χ1n) is 7.50. The van der Waals surface area contributed by atoms with Gasteiger partial charge in [0.2, 0.25) is 0 Å². The van der Waals surface area contributed by atoms with Gasteiger partial charge in [-0.3, -0.25) is 4.99 Å². The van der Waals surface area contributed by atoms with Crippen LogP contribution in [-0.2, 0) is 5.75 Å². The van der Waals surface area contributed by atoms with Crippen LogP contribution in [0.1, 0.15) is 11.1 Å². The molecule has 1 nitrogen and oxygen atoms in total. The van der Waals surface area contributed by atoms with E-state index < -0.39 is 0 Å². The second kappa shape index (κ2) is 6.65. The molecule has 3 aromatic rings. The second-order valence-electron chi connectivity index (χ2n) is 5.30. The summed E-state index contributed by atoms with van der Waals surface area (Å²) in [6.45, 7) is 0. The first-order valence-corrected chi connectivity index (χ1v) is 9.30. The van der Waals surface area contributed by atoms with Gasteiger partial charge in [-0.15, -0.1) is 11.8 Å². The third-order valence-corrected chi connectivity index (χ3v) is 5.88. The lowest BCUT2D eigenvalue weighted by Gasteiger charge is -2.07. The van der Waals surface area contributed by atoms with E-state index in [1.807, 2.05) is 18.0 Å². The van der Waals surface area contributed by atoms with Crippen LogP contribution in [0, 0.1) is 0 Å². The van der Waals surface area contributed by atoms with E-state index in [1.165, 1.54) is 25.8 Å². The van der Waals surface area contributed by atoms with Crippen LogP contribution in [0.15, 0.2) is 92.5 Å². The summed E-state index contributed by atoms with van der Waals surface area (Å²) in [7, 11) is 0. The lowest BCUT2D eigenvalue weighted by molar-refractivity contribution is 1.30. The van der Waals surface area contributed by atoms with Crippen LogP contribution in [0.5, 0.6) is 0 Å². The number of hydrogen-bond donors (Lipinski definition) is 0. The molecule has 0 spiro atoms. The zero-order chi connectivity index (χ0) is 15.5. The van der Waals surface area contributed by atoms with Gasteiger partial charge in [0, 0.05) is 32.2 Å². The van der Waals surface area contributed by atoms with E-state index in [4.69, 9.17) is 0 Å². The van der Waals surface area contributed by atoms with Crippen molar-refractivity contribution < 1.29 is 0 Å². The highest BCUT2D eigenvalue weighted by Gasteiger charge is 2.11. The van der Waals surface area contributed by atoms with Crippen LogP contribution >= 0.6 is 23.5 Å². The molecule has 1 heterocycles. The molecule has 0 amide bonds. The fourth-order valence-corrected chi connectivity index (χ4v) is 4.31. The van der Waals surface area contributed by atoms with E-state index in [9.17, 15) is 0 Å². The molecule has 0 unspecified atom stereocenters. The second-order valence-corrected chi connectivity index (χ2v) is 7.43. The van der Waals surface area contributed by atoms with Crippen molar-refractivity contribution in [2.75, 3.05) is 0 Å². The molecule has 3 aromatic carbocycles. The number of thioether (sulfide) groups is 1. The summed E-state index contributed by atoms with van der Waals surface area (Å²) in [6, 6.07) is 25.5. The molecular weight excluding hydrogens is 318 g/mol. The molecule has 0 saturated heterocycles. The standard InChI is InChI=1S/C20H15NS2/c1-2-6-15(7-3-1)14-22-17-10-11-20-18(12-17)21-13-16-8-4-5-9-19(16)23-20/h1-13H,14H2. The summed E-state index contributed by atoms with van der Waals surface area (Å²) in [5, 5.41) is 0. The van der Waals surface area contributed by atoms with Crippen molar-refractivity contribution in [3.05, 3.63) is 83.9 Å². The fraction of sp³-hybridized carbons (Fsp3) is 0.0500. The Morgan fingerprint density at radius 3 is 2.57 bits per heavy atom. The zero-order valence-corrected chi connectivity index (χ0v) is 14.1. The number of aliphatic imine (C=N–C) groups is 1. The lowest BCUT2D eigenvalue weighted by Crippen LogP contribution is -1.81. The van der Waals surface area contributed by atoms with Crippen LogP contribution in [0.25, 0.3) is 0 Å². The van der Waals surface area contributed by atoms with Gasteiger partial charge in [0.1, 0.15) is 0 Å². The van der Waals surface area contributed by atoms with E-state index in [0.717, 1.165) is 11.4 Å². The number of fused-ring (bicyclic) bond motifs is 2. The minimum atomic E-state index is 0.983. The summed E-state index contributed by atoms with van der Waals surface area (Å²) in [5.41, 5.74) is 3.59. The van der Waals surface area contributed by atoms with Crippen molar-refractivity contribution in [3.63, 3.8) is 0 Å². The Labute approximate surface area is 144 Å². The third kappa shape index (κ3) is 3.36. The van der Waals surface area contributed by atoms with Crippen molar-refractivity contribution in [2.45, 2.75) is 20.4 Å². The molecule has 23 heavy (non-hydrogen) atoms. The fourth-order valence-electron chi connectivity index (χ4n) is 2.45. The van der Waals surface area contributed by atoms with Gasteiger partial charge in [-0.1, -0.05) is 60.3 Å². The summed E-state index contributed by atoms with van der Waals surface area (Å²) in [6.07, 6.45) is 1.97. The van der Waals surface area contributed by atoms with E-state index in [-0.39, 0.29) is 0 Å². The Morgan fingerprint density at radius 2 is 1.65 bits per heavy atom. The van der Waals surface area contributed by atoms with Gasteiger partial charge in [0.05, 0.1) is 5.69 Å². The number of benzene rings is 3. The molecule has 0 saturated carbocycles. The molecule has 0 fully saturated rings. The highest BCUT2D eigenvalue weighted by Crippen LogP contribution is 2.40. The summed E-state index contributed by atoms with van der Waals surface area (Å²) >= 11 is 3.65. The predicted octanol–water partition coefficient (Wildman–Crippen LogP) is 6.19. The smallest absolute Gasteiger partial charge is 0.0780 e. The van der Waals surface area contributed by atoms with Gasteiger partial charge in [0.25, 0.3) is 0 Å². The normalized spacial score (nSPS) is 12.3. The van der Waals surface area contributed by atoms with Crippen LogP contribution in [0.4, 0.5) is 5.69 Å². The Balaban J connectivity index is 1.57. The van der Waals surface area contributed by atoms with Gasteiger partial charge in [-0.05, 0) is 29.8 Å². The average molecular weight is 333 g/mol. The van der Waals surface area contributed by atoms with Gasteiger partial charge >= 0.3 is 0 Å². The van der Waals surface area contributed by atoms with Gasteiger partial charge in [0.15, 0.2) is 0 Å². The summed E-state index contributed by atoms with van der Waals surface area (Å²) in [5.74, 6) is 0.983. The average Bonchev–Trinajstić information content (AvgIpc) is 2.80. The van der Waals surface area contributed by atoms with E-state index in [0.29, 0.717) is 0 Å². The molecule has 0 radical (unpaired) electrons. The first kappa shape index (κ1) is 14.6. The van der Waals surface area contributed by atoms with Gasteiger partial charge in [-0.25, -0.2) is 0 Å². The van der Waals surface area contributed by atoms with Crippen molar-refractivity contribution in [3.8, 4) is 0 Å². The maximum absolute atomic E-state index is 4.68. The minimum Gasteiger partial charge on any atom is -0.255 e. The third-order valence-electron chi connectivity index (χ3n) is 3.66. The SMILES string of the molecule is C1=Nc2cc(SCc3ccccc3)ccc2Sc2ccccc21. The summed E-state index contributed by atoms with van der Waals surface area (Å²) < 4.78 is 0. The maximum atomic E-state index is 4.68. The molecule has 112 valence electrons. The lowest BCUT2D eigenvalue weighted by atomic mass is 10.2. The molecule has 0 N–H and O–H groups in total. The molecule has 4 rings (SSSR count). The van der Waals surface area contributed by atoms with Crippen LogP contribution in [0.3, 0.4) is 0 Å². The highest BCUT2D eigenvalue weighted by atomic mass is 32.2. The molecule has 1 aliphatic heterocycles. The Kier molecular flexibility index (Phi) is 4.22. The van der Waals surface area contributed by atoms with Crippen LogP contribution < -0.4 is 0 Å².